The third-order valence-electron chi connectivity index (χ3n) is 6.38. The van der Waals surface area contributed by atoms with Crippen LogP contribution in [0.25, 0.3) is 0 Å². The first-order valence-corrected chi connectivity index (χ1v) is 9.64. The number of nitrogens with one attached hydrogen (secondary N) is 1. The van der Waals surface area contributed by atoms with E-state index in [9.17, 15) is 9.59 Å². The van der Waals surface area contributed by atoms with Crippen molar-refractivity contribution in [3.63, 3.8) is 0 Å². The first-order chi connectivity index (χ1) is 11.6. The molecule has 2 unspecified atom stereocenters. The van der Waals surface area contributed by atoms with E-state index >= 15 is 0 Å². The Kier molecular flexibility index (Phi) is 4.77. The van der Waals surface area contributed by atoms with Crippen molar-refractivity contribution in [2.24, 2.45) is 10.8 Å². The summed E-state index contributed by atoms with van der Waals surface area (Å²) < 4.78 is 0. The molecule has 0 aromatic carbocycles. The Morgan fingerprint density at radius 1 is 1.24 bits per heavy atom. The molecular formula is C19H33N3O3. The lowest BCUT2D eigenvalue weighted by Crippen LogP contribution is -2.57. The summed E-state index contributed by atoms with van der Waals surface area (Å²) in [6.45, 7) is 10.6. The van der Waals surface area contributed by atoms with Crippen molar-refractivity contribution >= 4 is 12.0 Å². The number of carbonyl (C=O) groups is 2. The van der Waals surface area contributed by atoms with E-state index in [1.54, 1.807) is 0 Å². The minimum Gasteiger partial charge on any atom is -0.480 e. The SMILES string of the molecule is CCN(CC(=O)O)C1CC(NC(=O)N2CC3(C)CC2CC(C)(C)C3)C1. The van der Waals surface area contributed by atoms with Gasteiger partial charge in [0.15, 0.2) is 0 Å². The highest BCUT2D eigenvalue weighted by molar-refractivity contribution is 5.75. The number of rotatable bonds is 5. The van der Waals surface area contributed by atoms with Gasteiger partial charge in [0.05, 0.1) is 6.54 Å². The summed E-state index contributed by atoms with van der Waals surface area (Å²) in [5.74, 6) is -0.783. The number of nitrogens with zero attached hydrogens (tertiary/aromatic N) is 2. The van der Waals surface area contributed by atoms with Gasteiger partial charge in [-0.1, -0.05) is 27.7 Å². The second-order valence-electron chi connectivity index (χ2n) is 9.57. The molecule has 2 aliphatic carbocycles. The molecule has 6 nitrogen and oxygen atoms in total. The fraction of sp³-hybridized carbons (Fsp3) is 0.895. The third-order valence-corrected chi connectivity index (χ3v) is 6.38. The predicted molar refractivity (Wildman–Crippen MR) is 96.5 cm³/mol. The highest BCUT2D eigenvalue weighted by atomic mass is 16.4. The van der Waals surface area contributed by atoms with Crippen molar-refractivity contribution in [1.29, 1.82) is 0 Å². The number of fused-ring (bicyclic) bond motifs is 2. The van der Waals surface area contributed by atoms with Gasteiger partial charge in [0.1, 0.15) is 0 Å². The van der Waals surface area contributed by atoms with Crippen molar-refractivity contribution in [1.82, 2.24) is 15.1 Å². The molecule has 2 bridgehead atoms. The molecule has 2 amide bonds. The summed E-state index contributed by atoms with van der Waals surface area (Å²) in [6, 6.07) is 0.905. The van der Waals surface area contributed by atoms with Crippen LogP contribution in [-0.4, -0.2) is 64.7 Å². The second-order valence-corrected chi connectivity index (χ2v) is 9.57. The number of carboxylic acid groups (broad SMARTS) is 1. The van der Waals surface area contributed by atoms with Gasteiger partial charge in [-0.15, -0.1) is 0 Å². The fourth-order valence-corrected chi connectivity index (χ4v) is 5.63. The summed E-state index contributed by atoms with van der Waals surface area (Å²) in [6.07, 6.45) is 5.11. The first-order valence-electron chi connectivity index (χ1n) is 9.64. The zero-order chi connectivity index (χ0) is 18.4. The number of urea groups is 1. The molecule has 2 saturated carbocycles. The van der Waals surface area contributed by atoms with Crippen LogP contribution in [0.4, 0.5) is 4.79 Å². The minimum absolute atomic E-state index is 0.0798. The molecule has 2 N–H and O–H groups in total. The van der Waals surface area contributed by atoms with Gasteiger partial charge in [0.2, 0.25) is 0 Å². The van der Waals surface area contributed by atoms with Crippen LogP contribution in [0, 0.1) is 10.8 Å². The van der Waals surface area contributed by atoms with Crippen molar-refractivity contribution in [3.8, 4) is 0 Å². The molecule has 3 aliphatic rings. The number of likely N-dealkylation sites (tertiary alicyclic amines) is 1. The maximum absolute atomic E-state index is 12.8. The summed E-state index contributed by atoms with van der Waals surface area (Å²) in [5.41, 5.74) is 0.569. The lowest BCUT2D eigenvalue weighted by atomic mass is 9.65. The van der Waals surface area contributed by atoms with Crippen LogP contribution >= 0.6 is 0 Å². The molecule has 3 rings (SSSR count). The number of hydrogen-bond donors (Lipinski definition) is 2. The van der Waals surface area contributed by atoms with E-state index in [0.29, 0.717) is 11.5 Å². The molecule has 0 radical (unpaired) electrons. The van der Waals surface area contributed by atoms with Crippen LogP contribution in [0.3, 0.4) is 0 Å². The van der Waals surface area contributed by atoms with Crippen LogP contribution in [0.15, 0.2) is 0 Å². The molecule has 1 heterocycles. The summed E-state index contributed by atoms with van der Waals surface area (Å²) >= 11 is 0. The Morgan fingerprint density at radius 3 is 2.52 bits per heavy atom. The molecule has 0 aromatic rings. The standard InChI is InChI=1S/C19H33N3O3/c1-5-21(10-16(23)24)14-6-13(7-14)20-17(25)22-12-19(4)9-15(22)8-18(2,3)11-19/h13-15H,5-12H2,1-4H3,(H,20,25)(H,23,24). The fourth-order valence-electron chi connectivity index (χ4n) is 5.63. The minimum atomic E-state index is -0.783. The molecule has 1 saturated heterocycles. The van der Waals surface area contributed by atoms with Gasteiger partial charge in [-0.3, -0.25) is 9.69 Å². The molecule has 6 heteroatoms. The molecule has 0 aromatic heterocycles. The predicted octanol–water partition coefficient (Wildman–Crippen LogP) is 2.53. The van der Waals surface area contributed by atoms with Gasteiger partial charge in [-0.25, -0.2) is 4.79 Å². The van der Waals surface area contributed by atoms with E-state index < -0.39 is 5.97 Å². The van der Waals surface area contributed by atoms with Gasteiger partial charge >= 0.3 is 12.0 Å². The van der Waals surface area contributed by atoms with Crippen LogP contribution in [0.1, 0.15) is 59.8 Å². The largest absolute Gasteiger partial charge is 0.480 e. The van der Waals surface area contributed by atoms with Crippen molar-refractivity contribution < 1.29 is 14.7 Å². The summed E-state index contributed by atoms with van der Waals surface area (Å²) in [7, 11) is 0. The Bertz CT molecular complexity index is 544. The van der Waals surface area contributed by atoms with E-state index in [4.69, 9.17) is 5.11 Å². The average molecular weight is 351 g/mol. The van der Waals surface area contributed by atoms with Crippen molar-refractivity contribution in [3.05, 3.63) is 0 Å². The first kappa shape index (κ1) is 18.5. The van der Waals surface area contributed by atoms with Gasteiger partial charge in [-0.2, -0.15) is 0 Å². The Hall–Kier alpha value is -1.30. The van der Waals surface area contributed by atoms with E-state index in [2.05, 4.69) is 31.0 Å². The highest BCUT2D eigenvalue weighted by Gasteiger charge is 2.51. The quantitative estimate of drug-likeness (QED) is 0.798. The van der Waals surface area contributed by atoms with Crippen LogP contribution in [0.2, 0.25) is 0 Å². The van der Waals surface area contributed by atoms with Gasteiger partial charge in [-0.05, 0) is 49.5 Å². The van der Waals surface area contributed by atoms with Gasteiger partial charge < -0.3 is 15.3 Å². The lowest BCUT2D eigenvalue weighted by molar-refractivity contribution is -0.139. The number of aliphatic carboxylic acids is 1. The maximum Gasteiger partial charge on any atom is 0.317 e. The molecule has 3 fully saturated rings. The highest BCUT2D eigenvalue weighted by Crippen LogP contribution is 2.52. The Balaban J connectivity index is 1.51. The zero-order valence-electron chi connectivity index (χ0n) is 16.0. The Labute approximate surface area is 150 Å². The normalized spacial score (nSPS) is 36.2. The molecular weight excluding hydrogens is 318 g/mol. The van der Waals surface area contributed by atoms with Crippen LogP contribution in [-0.2, 0) is 4.79 Å². The maximum atomic E-state index is 12.8. The smallest absolute Gasteiger partial charge is 0.317 e. The Morgan fingerprint density at radius 2 is 1.92 bits per heavy atom. The van der Waals surface area contributed by atoms with E-state index in [1.807, 2.05) is 11.8 Å². The second kappa shape index (κ2) is 6.45. The number of carbonyl (C=O) groups excluding carboxylic acids is 1. The van der Waals surface area contributed by atoms with Gasteiger partial charge in [0.25, 0.3) is 0 Å². The molecule has 25 heavy (non-hydrogen) atoms. The topological polar surface area (TPSA) is 72.9 Å². The van der Waals surface area contributed by atoms with E-state index in [-0.39, 0.29) is 30.1 Å². The summed E-state index contributed by atoms with van der Waals surface area (Å²) in [5, 5.41) is 12.2. The zero-order valence-corrected chi connectivity index (χ0v) is 16.0. The average Bonchev–Trinajstić information content (AvgIpc) is 2.69. The van der Waals surface area contributed by atoms with Crippen molar-refractivity contribution in [2.45, 2.75) is 77.9 Å². The van der Waals surface area contributed by atoms with E-state index in [0.717, 1.165) is 38.8 Å². The van der Waals surface area contributed by atoms with Gasteiger partial charge in [0, 0.05) is 24.7 Å². The summed E-state index contributed by atoms with van der Waals surface area (Å²) in [4.78, 5) is 27.7. The third kappa shape index (κ3) is 3.94. The molecule has 142 valence electrons. The van der Waals surface area contributed by atoms with E-state index in [1.165, 1.54) is 6.42 Å². The van der Waals surface area contributed by atoms with Crippen molar-refractivity contribution in [2.75, 3.05) is 19.6 Å². The van der Waals surface area contributed by atoms with Crippen LogP contribution < -0.4 is 5.32 Å². The monoisotopic (exact) mass is 351 g/mol. The number of carboxylic acids is 1. The number of hydrogen-bond acceptors (Lipinski definition) is 3. The van der Waals surface area contributed by atoms with Crippen LogP contribution in [0.5, 0.6) is 0 Å². The molecule has 2 atom stereocenters. The number of amides is 2. The lowest BCUT2D eigenvalue weighted by Gasteiger charge is -2.43. The molecule has 0 spiro atoms. The molecule has 1 aliphatic heterocycles. The number of likely N-dealkylation sites (N-methyl/N-ethyl adjacent to an activating group) is 1.